The lowest BCUT2D eigenvalue weighted by Gasteiger charge is -2.44. The van der Waals surface area contributed by atoms with E-state index in [-0.39, 0.29) is 17.4 Å². The van der Waals surface area contributed by atoms with Gasteiger partial charge in [0, 0.05) is 19.5 Å². The summed E-state index contributed by atoms with van der Waals surface area (Å²) in [7, 11) is 0. The highest BCUT2D eigenvalue weighted by molar-refractivity contribution is 5.93. The van der Waals surface area contributed by atoms with Crippen molar-refractivity contribution in [2.24, 2.45) is 5.41 Å². The zero-order valence-corrected chi connectivity index (χ0v) is 13.5. The van der Waals surface area contributed by atoms with E-state index < -0.39 is 0 Å². The van der Waals surface area contributed by atoms with Gasteiger partial charge in [-0.2, -0.15) is 5.21 Å². The molecule has 122 valence electrons. The Morgan fingerprint density at radius 2 is 2.22 bits per heavy atom. The molecule has 4 heterocycles. The van der Waals surface area contributed by atoms with E-state index in [1.807, 2.05) is 4.90 Å². The number of aromatic nitrogens is 6. The number of rotatable bonds is 2. The molecule has 8 heteroatoms. The summed E-state index contributed by atoms with van der Waals surface area (Å²) in [5.41, 5.74) is 0.592. The maximum Gasteiger partial charge on any atom is 0.272 e. The number of H-pyrrole nitrogens is 1. The predicted octanol–water partition coefficient (Wildman–Crippen LogP) is 1.35. The number of nitrogens with one attached hydrogen (secondary N) is 1. The molecule has 2 aromatic rings. The molecule has 1 saturated heterocycles. The van der Waals surface area contributed by atoms with Gasteiger partial charge in [-0.15, -0.1) is 10.2 Å². The molecule has 8 nitrogen and oxygen atoms in total. The molecule has 1 N–H and O–H groups in total. The van der Waals surface area contributed by atoms with Crippen LogP contribution in [0.1, 0.15) is 61.3 Å². The van der Waals surface area contributed by atoms with Gasteiger partial charge in [-0.3, -0.25) is 4.79 Å². The number of likely N-dealkylation sites (tertiary alicyclic amines) is 1. The van der Waals surface area contributed by atoms with Crippen LogP contribution in [0.2, 0.25) is 0 Å². The Morgan fingerprint density at radius 3 is 3.00 bits per heavy atom. The molecule has 0 radical (unpaired) electrons. The summed E-state index contributed by atoms with van der Waals surface area (Å²) in [6.45, 7) is 5.91. The topological polar surface area (TPSA) is 92.6 Å². The van der Waals surface area contributed by atoms with Crippen molar-refractivity contribution in [3.05, 3.63) is 23.5 Å². The maximum absolute atomic E-state index is 13.2. The lowest BCUT2D eigenvalue weighted by Crippen LogP contribution is -2.47. The summed E-state index contributed by atoms with van der Waals surface area (Å²) >= 11 is 0. The molecule has 1 atom stereocenters. The summed E-state index contributed by atoms with van der Waals surface area (Å²) in [4.78, 5) is 19.5. The molecule has 1 fully saturated rings. The molecule has 2 aliphatic rings. The van der Waals surface area contributed by atoms with Crippen LogP contribution in [-0.2, 0) is 13.0 Å². The standard InChI is InChI=1S/C15H21N7O/c1-15(2)6-4-8-22(12(15)13-17-19-20-18-13)14(23)10-9-16-11-5-3-7-21(10)11/h9,12H,3-8H2,1-2H3,(H,17,18,19,20). The third-order valence-corrected chi connectivity index (χ3v) is 5.08. The molecule has 0 spiro atoms. The highest BCUT2D eigenvalue weighted by atomic mass is 16.2. The second-order valence-corrected chi connectivity index (χ2v) is 7.08. The Labute approximate surface area is 134 Å². The van der Waals surface area contributed by atoms with E-state index in [4.69, 9.17) is 0 Å². The number of aryl methyl sites for hydroxylation is 1. The quantitative estimate of drug-likeness (QED) is 0.903. The van der Waals surface area contributed by atoms with E-state index in [9.17, 15) is 4.79 Å². The van der Waals surface area contributed by atoms with Gasteiger partial charge in [0.25, 0.3) is 5.91 Å². The fourth-order valence-corrected chi connectivity index (χ4v) is 3.96. The Hall–Kier alpha value is -2.25. The summed E-state index contributed by atoms with van der Waals surface area (Å²) in [6, 6.07) is -0.171. The molecular formula is C15H21N7O. The fourth-order valence-electron chi connectivity index (χ4n) is 3.96. The van der Waals surface area contributed by atoms with Crippen LogP contribution in [-0.4, -0.2) is 47.5 Å². The minimum absolute atomic E-state index is 0.0215. The number of nitrogens with zero attached hydrogens (tertiary/aromatic N) is 6. The minimum Gasteiger partial charge on any atom is -0.326 e. The number of amides is 1. The largest absolute Gasteiger partial charge is 0.326 e. The summed E-state index contributed by atoms with van der Waals surface area (Å²) in [5, 5.41) is 14.5. The second-order valence-electron chi connectivity index (χ2n) is 7.08. The number of hydrogen-bond acceptors (Lipinski definition) is 5. The molecule has 0 aliphatic carbocycles. The first-order chi connectivity index (χ1) is 11.1. The molecule has 23 heavy (non-hydrogen) atoms. The molecule has 2 aliphatic heterocycles. The van der Waals surface area contributed by atoms with Crippen molar-refractivity contribution in [3.8, 4) is 0 Å². The van der Waals surface area contributed by atoms with Gasteiger partial charge in [0.1, 0.15) is 17.6 Å². The van der Waals surface area contributed by atoms with Gasteiger partial charge in [-0.05, 0) is 24.7 Å². The number of piperidine rings is 1. The van der Waals surface area contributed by atoms with Gasteiger partial charge in [0.05, 0.1) is 6.20 Å². The van der Waals surface area contributed by atoms with Crippen LogP contribution in [0.5, 0.6) is 0 Å². The smallest absolute Gasteiger partial charge is 0.272 e. The van der Waals surface area contributed by atoms with E-state index in [2.05, 4.69) is 44.0 Å². The molecule has 1 amide bonds. The SMILES string of the molecule is CC1(C)CCCN(C(=O)c2cnc3n2CCC3)C1c1nn[nH]n1. The van der Waals surface area contributed by atoms with Gasteiger partial charge in [0.15, 0.2) is 5.82 Å². The molecule has 4 rings (SSSR count). The van der Waals surface area contributed by atoms with Crippen LogP contribution in [0.4, 0.5) is 0 Å². The molecule has 0 aromatic carbocycles. The van der Waals surface area contributed by atoms with Gasteiger partial charge < -0.3 is 9.47 Å². The third-order valence-electron chi connectivity index (χ3n) is 5.08. The van der Waals surface area contributed by atoms with E-state index >= 15 is 0 Å². The number of hydrogen-bond donors (Lipinski definition) is 1. The Bertz CT molecular complexity index is 718. The average Bonchev–Trinajstić information content (AvgIpc) is 3.22. The monoisotopic (exact) mass is 315 g/mol. The number of carbonyl (C=O) groups is 1. The highest BCUT2D eigenvalue weighted by Crippen LogP contribution is 2.44. The van der Waals surface area contributed by atoms with Gasteiger partial charge in [0.2, 0.25) is 0 Å². The van der Waals surface area contributed by atoms with E-state index in [1.165, 1.54) is 0 Å². The maximum atomic E-state index is 13.2. The number of imidazole rings is 1. The van der Waals surface area contributed by atoms with Gasteiger partial charge in [-0.1, -0.05) is 19.1 Å². The third kappa shape index (κ3) is 2.24. The number of fused-ring (bicyclic) bond motifs is 1. The lowest BCUT2D eigenvalue weighted by molar-refractivity contribution is 0.0231. The normalized spacial score (nSPS) is 23.0. The Kier molecular flexibility index (Phi) is 3.21. The van der Waals surface area contributed by atoms with Crippen LogP contribution < -0.4 is 0 Å². The first-order valence-electron chi connectivity index (χ1n) is 8.16. The summed E-state index contributed by atoms with van der Waals surface area (Å²) in [5.74, 6) is 1.62. The molecular weight excluding hydrogens is 294 g/mol. The van der Waals surface area contributed by atoms with Crippen LogP contribution in [0.25, 0.3) is 0 Å². The van der Waals surface area contributed by atoms with E-state index in [0.29, 0.717) is 18.1 Å². The van der Waals surface area contributed by atoms with Gasteiger partial charge >= 0.3 is 0 Å². The van der Waals surface area contributed by atoms with Crippen molar-refractivity contribution in [1.29, 1.82) is 0 Å². The first-order valence-corrected chi connectivity index (χ1v) is 8.16. The Balaban J connectivity index is 1.71. The first kappa shape index (κ1) is 14.3. The zero-order chi connectivity index (χ0) is 16.0. The number of tetrazole rings is 1. The van der Waals surface area contributed by atoms with Crippen LogP contribution in [0.3, 0.4) is 0 Å². The molecule has 0 bridgehead atoms. The van der Waals surface area contributed by atoms with Crippen molar-refractivity contribution >= 4 is 5.91 Å². The molecule has 2 aromatic heterocycles. The fraction of sp³-hybridized carbons (Fsp3) is 0.667. The van der Waals surface area contributed by atoms with Crippen molar-refractivity contribution in [2.45, 2.75) is 52.1 Å². The highest BCUT2D eigenvalue weighted by Gasteiger charge is 2.44. The van der Waals surface area contributed by atoms with Crippen molar-refractivity contribution < 1.29 is 4.79 Å². The zero-order valence-electron chi connectivity index (χ0n) is 13.5. The summed E-state index contributed by atoms with van der Waals surface area (Å²) in [6.07, 6.45) is 5.73. The van der Waals surface area contributed by atoms with Crippen LogP contribution in [0.15, 0.2) is 6.20 Å². The van der Waals surface area contributed by atoms with Crippen LogP contribution >= 0.6 is 0 Å². The number of carbonyl (C=O) groups excluding carboxylic acids is 1. The number of aromatic amines is 1. The van der Waals surface area contributed by atoms with E-state index in [1.54, 1.807) is 6.20 Å². The predicted molar refractivity (Wildman–Crippen MR) is 81.5 cm³/mol. The van der Waals surface area contributed by atoms with E-state index in [0.717, 1.165) is 38.1 Å². The average molecular weight is 315 g/mol. The Morgan fingerprint density at radius 1 is 1.35 bits per heavy atom. The van der Waals surface area contributed by atoms with Gasteiger partial charge in [-0.25, -0.2) is 4.98 Å². The van der Waals surface area contributed by atoms with Crippen molar-refractivity contribution in [2.75, 3.05) is 6.54 Å². The molecule has 1 unspecified atom stereocenters. The summed E-state index contributed by atoms with van der Waals surface area (Å²) < 4.78 is 2.05. The minimum atomic E-state index is -0.171. The molecule has 0 saturated carbocycles. The van der Waals surface area contributed by atoms with Crippen molar-refractivity contribution in [3.63, 3.8) is 0 Å². The second kappa shape index (κ2) is 5.14. The van der Waals surface area contributed by atoms with Crippen LogP contribution in [0, 0.1) is 5.41 Å². The lowest BCUT2D eigenvalue weighted by atomic mass is 9.76. The van der Waals surface area contributed by atoms with Crippen molar-refractivity contribution in [1.82, 2.24) is 35.1 Å².